The molecule has 0 radical (unpaired) electrons. The normalized spacial score (nSPS) is 15.0. The summed E-state index contributed by atoms with van der Waals surface area (Å²) in [5.74, 6) is 0.197. The minimum atomic E-state index is -1.69. The van der Waals surface area contributed by atoms with Crippen LogP contribution in [0.15, 0.2) is 11.6 Å². The lowest BCUT2D eigenvalue weighted by atomic mass is 10.0. The number of ether oxygens (including phenoxy) is 1. The highest BCUT2D eigenvalue weighted by Crippen LogP contribution is 2.36. The molecule has 124 valence electrons. The second-order valence-corrected chi connectivity index (χ2v) is 12.1. The Balaban J connectivity index is 4.47. The number of carbonyl (C=O) groups is 1. The molecule has 0 aromatic rings. The summed E-state index contributed by atoms with van der Waals surface area (Å²) in [6.45, 7) is 16.2. The third-order valence-corrected chi connectivity index (χ3v) is 8.97. The Morgan fingerprint density at radius 1 is 1.29 bits per heavy atom. The van der Waals surface area contributed by atoms with Gasteiger partial charge in [-0.1, -0.05) is 47.1 Å². The van der Waals surface area contributed by atoms with Gasteiger partial charge in [-0.15, -0.1) is 0 Å². The fourth-order valence-corrected chi connectivity index (χ4v) is 2.74. The number of hydrogen-bond acceptors (Lipinski definition) is 3. The van der Waals surface area contributed by atoms with E-state index in [1.807, 2.05) is 6.08 Å². The van der Waals surface area contributed by atoms with Crippen molar-refractivity contribution in [2.75, 3.05) is 13.7 Å². The quantitative estimate of drug-likeness (QED) is 0.276. The zero-order valence-corrected chi connectivity index (χ0v) is 16.2. The van der Waals surface area contributed by atoms with Crippen LogP contribution in [0.1, 0.15) is 53.9 Å². The molecule has 0 saturated carbocycles. The van der Waals surface area contributed by atoms with Crippen LogP contribution in [0.2, 0.25) is 18.1 Å². The van der Waals surface area contributed by atoms with Crippen molar-refractivity contribution in [1.82, 2.24) is 0 Å². The van der Waals surface area contributed by atoms with Crippen LogP contribution in [0.5, 0.6) is 0 Å². The Kier molecular flexibility index (Phi) is 8.48. The average Bonchev–Trinajstić information content (AvgIpc) is 2.39. The van der Waals surface area contributed by atoms with Crippen molar-refractivity contribution >= 4 is 14.3 Å². The van der Waals surface area contributed by atoms with E-state index in [9.17, 15) is 4.79 Å². The van der Waals surface area contributed by atoms with E-state index in [1.165, 1.54) is 7.11 Å². The first-order valence-electron chi connectivity index (χ1n) is 7.98. The second-order valence-electron chi connectivity index (χ2n) is 7.28. The lowest BCUT2D eigenvalue weighted by molar-refractivity contribution is -0.136. The Bertz CT molecular complexity index is 354. The zero-order chi connectivity index (χ0) is 16.7. The number of allylic oxidation sites excluding steroid dienone is 1. The largest absolute Gasteiger partial charge is 0.466 e. The van der Waals surface area contributed by atoms with Crippen molar-refractivity contribution in [3.63, 3.8) is 0 Å². The van der Waals surface area contributed by atoms with Gasteiger partial charge in [0.05, 0.1) is 7.11 Å². The molecule has 3 nitrogen and oxygen atoms in total. The minimum absolute atomic E-state index is 0.206. The van der Waals surface area contributed by atoms with Crippen molar-refractivity contribution in [3.05, 3.63) is 11.6 Å². The molecule has 0 aliphatic heterocycles. The molecule has 21 heavy (non-hydrogen) atoms. The van der Waals surface area contributed by atoms with Gasteiger partial charge in [0.2, 0.25) is 0 Å². The molecule has 4 heteroatoms. The van der Waals surface area contributed by atoms with Gasteiger partial charge in [-0.2, -0.15) is 0 Å². The van der Waals surface area contributed by atoms with E-state index < -0.39 is 8.32 Å². The summed E-state index contributed by atoms with van der Waals surface area (Å²) in [7, 11) is -0.244. The second kappa shape index (κ2) is 8.74. The molecule has 0 spiro atoms. The molecular formula is C17H34O3Si. The van der Waals surface area contributed by atoms with Gasteiger partial charge < -0.3 is 9.16 Å². The van der Waals surface area contributed by atoms with Crippen LogP contribution in [0, 0.1) is 5.92 Å². The van der Waals surface area contributed by atoms with Crippen LogP contribution in [0.4, 0.5) is 0 Å². The lowest BCUT2D eigenvalue weighted by Gasteiger charge is -2.36. The van der Waals surface area contributed by atoms with Gasteiger partial charge >= 0.3 is 5.97 Å². The zero-order valence-electron chi connectivity index (χ0n) is 15.2. The molecule has 0 aromatic heterocycles. The molecule has 0 saturated heterocycles. The topological polar surface area (TPSA) is 35.5 Å². The Morgan fingerprint density at radius 2 is 1.86 bits per heavy atom. The van der Waals surface area contributed by atoms with Crippen molar-refractivity contribution in [3.8, 4) is 0 Å². The summed E-state index contributed by atoms with van der Waals surface area (Å²) in [6, 6.07) is 0. The standard InChI is InChI=1S/C17H34O3Si/c1-9-14(2)13-15(16(18)19-6)11-10-12-20-21(7,8)17(3,4)5/h13-14H,9-12H2,1-8H3/b15-13+/t14-/m0/s1. The van der Waals surface area contributed by atoms with E-state index in [2.05, 4.69) is 47.7 Å². The van der Waals surface area contributed by atoms with Crippen LogP contribution in [0.3, 0.4) is 0 Å². The minimum Gasteiger partial charge on any atom is -0.466 e. The number of rotatable bonds is 8. The predicted octanol–water partition coefficient (Wildman–Crippen LogP) is 4.93. The first-order valence-corrected chi connectivity index (χ1v) is 10.9. The van der Waals surface area contributed by atoms with E-state index in [0.717, 1.165) is 24.8 Å². The smallest absolute Gasteiger partial charge is 0.333 e. The summed E-state index contributed by atoms with van der Waals surface area (Å²) in [6.07, 6.45) is 4.66. The molecule has 0 N–H and O–H groups in total. The fraction of sp³-hybridized carbons (Fsp3) is 0.824. The Morgan fingerprint density at radius 3 is 2.29 bits per heavy atom. The van der Waals surface area contributed by atoms with Gasteiger partial charge in [0.15, 0.2) is 8.32 Å². The summed E-state index contributed by atoms with van der Waals surface area (Å²) in [5, 5.41) is 0.227. The summed E-state index contributed by atoms with van der Waals surface area (Å²) in [5.41, 5.74) is 0.783. The number of esters is 1. The summed E-state index contributed by atoms with van der Waals surface area (Å²) < 4.78 is 11.0. The maximum absolute atomic E-state index is 11.8. The van der Waals surface area contributed by atoms with Crippen molar-refractivity contribution in [1.29, 1.82) is 0 Å². The fourth-order valence-electron chi connectivity index (χ4n) is 1.65. The lowest BCUT2D eigenvalue weighted by Crippen LogP contribution is -2.41. The molecule has 0 unspecified atom stereocenters. The van der Waals surface area contributed by atoms with Crippen LogP contribution < -0.4 is 0 Å². The third-order valence-electron chi connectivity index (χ3n) is 4.44. The number of hydrogen-bond donors (Lipinski definition) is 0. The van der Waals surface area contributed by atoms with Crippen LogP contribution in [-0.2, 0) is 14.0 Å². The van der Waals surface area contributed by atoms with Crippen LogP contribution >= 0.6 is 0 Å². The van der Waals surface area contributed by atoms with Gasteiger partial charge in [-0.3, -0.25) is 0 Å². The van der Waals surface area contributed by atoms with Crippen molar-refractivity contribution in [2.24, 2.45) is 5.92 Å². The summed E-state index contributed by atoms with van der Waals surface area (Å²) >= 11 is 0. The van der Waals surface area contributed by atoms with Gasteiger partial charge in [0, 0.05) is 12.2 Å². The van der Waals surface area contributed by atoms with Crippen molar-refractivity contribution < 1.29 is 14.0 Å². The summed E-state index contributed by atoms with van der Waals surface area (Å²) in [4.78, 5) is 11.8. The van der Waals surface area contributed by atoms with Crippen LogP contribution in [0.25, 0.3) is 0 Å². The van der Waals surface area contributed by atoms with E-state index in [0.29, 0.717) is 12.5 Å². The molecule has 0 aromatic carbocycles. The SMILES string of the molecule is CC[C@H](C)/C=C(\CCCO[Si](C)(C)C(C)(C)C)C(=O)OC. The molecule has 1 atom stereocenters. The van der Waals surface area contributed by atoms with Gasteiger partial charge in [0.25, 0.3) is 0 Å². The van der Waals surface area contributed by atoms with Gasteiger partial charge in [0.1, 0.15) is 0 Å². The molecule has 0 bridgehead atoms. The highest BCUT2D eigenvalue weighted by atomic mass is 28.4. The maximum Gasteiger partial charge on any atom is 0.333 e. The number of methoxy groups -OCH3 is 1. The Hall–Kier alpha value is -0.613. The molecule has 0 aliphatic carbocycles. The van der Waals surface area contributed by atoms with Gasteiger partial charge in [-0.05, 0) is 36.9 Å². The highest BCUT2D eigenvalue weighted by Gasteiger charge is 2.36. The van der Waals surface area contributed by atoms with Gasteiger partial charge in [-0.25, -0.2) is 4.79 Å². The molecule has 0 amide bonds. The number of carbonyl (C=O) groups excluding carboxylic acids is 1. The molecule has 0 heterocycles. The van der Waals surface area contributed by atoms with E-state index >= 15 is 0 Å². The molecule has 0 aliphatic rings. The van der Waals surface area contributed by atoms with E-state index in [-0.39, 0.29) is 11.0 Å². The monoisotopic (exact) mass is 314 g/mol. The third kappa shape index (κ3) is 7.27. The molecular weight excluding hydrogens is 280 g/mol. The first-order chi connectivity index (χ1) is 9.55. The molecule has 0 rings (SSSR count). The highest BCUT2D eigenvalue weighted by molar-refractivity contribution is 6.74. The van der Waals surface area contributed by atoms with Crippen molar-refractivity contribution in [2.45, 2.75) is 72.0 Å². The van der Waals surface area contributed by atoms with E-state index in [4.69, 9.17) is 9.16 Å². The average molecular weight is 315 g/mol. The van der Waals surface area contributed by atoms with E-state index in [1.54, 1.807) is 0 Å². The molecule has 0 fully saturated rings. The van der Waals surface area contributed by atoms with Crippen LogP contribution in [-0.4, -0.2) is 28.0 Å². The Labute approximate surface area is 132 Å². The maximum atomic E-state index is 11.8. The predicted molar refractivity (Wildman–Crippen MR) is 91.9 cm³/mol. The first kappa shape index (κ1) is 20.4.